The summed E-state index contributed by atoms with van der Waals surface area (Å²) in [5.41, 5.74) is 2.01. The van der Waals surface area contributed by atoms with E-state index in [1.165, 1.54) is 0 Å². The number of nitrogens with zero attached hydrogens (tertiary/aromatic N) is 2. The normalized spacial score (nSPS) is 19.6. The first-order valence-electron chi connectivity index (χ1n) is 4.55. The minimum absolute atomic E-state index is 0.0600. The zero-order chi connectivity index (χ0) is 9.80. The predicted octanol–water partition coefficient (Wildman–Crippen LogP) is 2.09. The van der Waals surface area contributed by atoms with Gasteiger partial charge in [0.1, 0.15) is 6.10 Å². The van der Waals surface area contributed by atoms with Crippen LogP contribution in [-0.4, -0.2) is 11.8 Å². The zero-order valence-electron chi connectivity index (χ0n) is 7.68. The summed E-state index contributed by atoms with van der Waals surface area (Å²) in [4.78, 5) is 5.13. The van der Waals surface area contributed by atoms with E-state index in [1.807, 2.05) is 30.3 Å². The van der Waals surface area contributed by atoms with Gasteiger partial charge in [0, 0.05) is 6.42 Å². The van der Waals surface area contributed by atoms with Crippen LogP contribution < -0.4 is 0 Å². The second kappa shape index (κ2) is 3.93. The van der Waals surface area contributed by atoms with Gasteiger partial charge in [-0.2, -0.15) is 5.26 Å². The molecule has 1 aromatic rings. The van der Waals surface area contributed by atoms with Gasteiger partial charge in [0.2, 0.25) is 0 Å². The summed E-state index contributed by atoms with van der Waals surface area (Å²) in [7, 11) is 0. The molecule has 0 spiro atoms. The van der Waals surface area contributed by atoms with Crippen LogP contribution in [0, 0.1) is 11.3 Å². The van der Waals surface area contributed by atoms with Crippen molar-refractivity contribution in [1.82, 2.24) is 0 Å². The third kappa shape index (κ3) is 1.74. The maximum absolute atomic E-state index is 8.50. The lowest BCUT2D eigenvalue weighted by Gasteiger charge is -2.00. The van der Waals surface area contributed by atoms with Crippen molar-refractivity contribution >= 4 is 5.71 Å². The van der Waals surface area contributed by atoms with Crippen LogP contribution in [0.4, 0.5) is 0 Å². The second-order valence-electron chi connectivity index (χ2n) is 3.20. The van der Waals surface area contributed by atoms with Crippen LogP contribution in [0.1, 0.15) is 18.4 Å². The minimum Gasteiger partial charge on any atom is -0.391 e. The molecule has 0 aliphatic carbocycles. The molecule has 0 unspecified atom stereocenters. The number of rotatable bonds is 2. The molecule has 0 saturated carbocycles. The van der Waals surface area contributed by atoms with Crippen LogP contribution in [0.25, 0.3) is 0 Å². The molecule has 0 N–H and O–H groups in total. The van der Waals surface area contributed by atoms with E-state index in [-0.39, 0.29) is 6.10 Å². The number of oxime groups is 1. The number of hydrogen-bond donors (Lipinski definition) is 0. The average molecular weight is 186 g/mol. The molecule has 0 amide bonds. The molecule has 0 fully saturated rings. The standard InChI is InChI=1S/C11H10N2O/c12-7-6-10-8-11(13-14-10)9-4-2-1-3-5-9/h1-5,10H,6,8H2/t10-/m1/s1. The van der Waals surface area contributed by atoms with E-state index in [0.29, 0.717) is 6.42 Å². The van der Waals surface area contributed by atoms with Crippen molar-refractivity contribution < 1.29 is 4.84 Å². The Balaban J connectivity index is 2.06. The van der Waals surface area contributed by atoms with Crippen LogP contribution in [0.2, 0.25) is 0 Å². The lowest BCUT2D eigenvalue weighted by molar-refractivity contribution is 0.0891. The molecule has 0 aromatic heterocycles. The quantitative estimate of drug-likeness (QED) is 0.709. The van der Waals surface area contributed by atoms with Crippen LogP contribution in [-0.2, 0) is 4.84 Å². The molecule has 1 aliphatic rings. The first-order valence-corrected chi connectivity index (χ1v) is 4.55. The van der Waals surface area contributed by atoms with Crippen molar-refractivity contribution in [2.45, 2.75) is 18.9 Å². The fourth-order valence-electron chi connectivity index (χ4n) is 1.44. The molecule has 2 rings (SSSR count). The Morgan fingerprint density at radius 3 is 2.93 bits per heavy atom. The van der Waals surface area contributed by atoms with E-state index in [1.54, 1.807) is 0 Å². The van der Waals surface area contributed by atoms with Gasteiger partial charge in [0.05, 0.1) is 18.2 Å². The van der Waals surface area contributed by atoms with Gasteiger partial charge in [-0.1, -0.05) is 35.5 Å². The molecule has 1 atom stereocenters. The topological polar surface area (TPSA) is 45.4 Å². The fraction of sp³-hybridized carbons (Fsp3) is 0.273. The Bertz CT molecular complexity index is 378. The number of benzene rings is 1. The molecule has 1 heterocycles. The fourth-order valence-corrected chi connectivity index (χ4v) is 1.44. The van der Waals surface area contributed by atoms with E-state index in [2.05, 4.69) is 11.2 Å². The maximum Gasteiger partial charge on any atom is 0.146 e. The Kier molecular flexibility index (Phi) is 2.46. The summed E-state index contributed by atoms with van der Waals surface area (Å²) in [6.07, 6.45) is 1.08. The summed E-state index contributed by atoms with van der Waals surface area (Å²) < 4.78 is 0. The van der Waals surface area contributed by atoms with Gasteiger partial charge >= 0.3 is 0 Å². The Labute approximate surface area is 82.6 Å². The molecule has 0 saturated heterocycles. The number of hydrogen-bond acceptors (Lipinski definition) is 3. The highest BCUT2D eigenvalue weighted by molar-refractivity contribution is 6.01. The van der Waals surface area contributed by atoms with Gasteiger partial charge in [-0.3, -0.25) is 0 Å². The molecule has 70 valence electrons. The first-order chi connectivity index (χ1) is 6.90. The van der Waals surface area contributed by atoms with Crippen LogP contribution in [0.5, 0.6) is 0 Å². The summed E-state index contributed by atoms with van der Waals surface area (Å²) in [5, 5.41) is 12.5. The third-order valence-electron chi connectivity index (χ3n) is 2.16. The van der Waals surface area contributed by atoms with E-state index in [0.717, 1.165) is 17.7 Å². The Morgan fingerprint density at radius 2 is 2.21 bits per heavy atom. The van der Waals surface area contributed by atoms with Crippen molar-refractivity contribution in [2.75, 3.05) is 0 Å². The molecule has 0 bridgehead atoms. The predicted molar refractivity (Wildman–Crippen MR) is 52.7 cm³/mol. The van der Waals surface area contributed by atoms with E-state index in [4.69, 9.17) is 10.1 Å². The van der Waals surface area contributed by atoms with Crippen molar-refractivity contribution in [3.63, 3.8) is 0 Å². The minimum atomic E-state index is -0.0600. The van der Waals surface area contributed by atoms with Gasteiger partial charge in [0.25, 0.3) is 0 Å². The van der Waals surface area contributed by atoms with Crippen molar-refractivity contribution in [3.8, 4) is 6.07 Å². The highest BCUT2D eigenvalue weighted by atomic mass is 16.6. The maximum atomic E-state index is 8.50. The lowest BCUT2D eigenvalue weighted by Crippen LogP contribution is -2.06. The van der Waals surface area contributed by atoms with E-state index < -0.39 is 0 Å². The van der Waals surface area contributed by atoms with Gasteiger partial charge in [-0.15, -0.1) is 0 Å². The highest BCUT2D eigenvalue weighted by Crippen LogP contribution is 2.18. The van der Waals surface area contributed by atoms with Crippen LogP contribution in [0.15, 0.2) is 35.5 Å². The van der Waals surface area contributed by atoms with Crippen molar-refractivity contribution in [2.24, 2.45) is 5.16 Å². The van der Waals surface area contributed by atoms with Gasteiger partial charge in [-0.25, -0.2) is 0 Å². The molecule has 1 aliphatic heterocycles. The zero-order valence-corrected chi connectivity index (χ0v) is 7.68. The molecule has 14 heavy (non-hydrogen) atoms. The first kappa shape index (κ1) is 8.76. The van der Waals surface area contributed by atoms with Crippen molar-refractivity contribution in [1.29, 1.82) is 5.26 Å². The SMILES string of the molecule is N#CC[C@@H]1CC(c2ccccc2)=NO1. The van der Waals surface area contributed by atoms with Gasteiger partial charge in [0.15, 0.2) is 0 Å². The largest absolute Gasteiger partial charge is 0.391 e. The lowest BCUT2D eigenvalue weighted by atomic mass is 10.0. The smallest absolute Gasteiger partial charge is 0.146 e. The summed E-state index contributed by atoms with van der Waals surface area (Å²) >= 11 is 0. The van der Waals surface area contributed by atoms with E-state index in [9.17, 15) is 0 Å². The molecule has 3 nitrogen and oxygen atoms in total. The second-order valence-corrected chi connectivity index (χ2v) is 3.20. The van der Waals surface area contributed by atoms with Crippen LogP contribution >= 0.6 is 0 Å². The summed E-state index contributed by atoms with van der Waals surface area (Å²) in [6.45, 7) is 0. The monoisotopic (exact) mass is 186 g/mol. The average Bonchev–Trinajstić information content (AvgIpc) is 2.68. The van der Waals surface area contributed by atoms with Gasteiger partial charge in [-0.05, 0) is 5.56 Å². The molecule has 3 heteroatoms. The van der Waals surface area contributed by atoms with E-state index >= 15 is 0 Å². The van der Waals surface area contributed by atoms with Crippen molar-refractivity contribution in [3.05, 3.63) is 35.9 Å². The molecular weight excluding hydrogens is 176 g/mol. The molecule has 1 aromatic carbocycles. The molecular formula is C11H10N2O. The number of nitriles is 1. The summed E-state index contributed by atoms with van der Waals surface area (Å²) in [5.74, 6) is 0. The van der Waals surface area contributed by atoms with Gasteiger partial charge < -0.3 is 4.84 Å². The summed E-state index contributed by atoms with van der Waals surface area (Å²) in [6, 6.07) is 12.0. The van der Waals surface area contributed by atoms with Crippen LogP contribution in [0.3, 0.4) is 0 Å². The Morgan fingerprint density at radius 1 is 1.43 bits per heavy atom. The third-order valence-corrected chi connectivity index (χ3v) is 2.16. The molecule has 0 radical (unpaired) electrons. The Hall–Kier alpha value is -1.82. The highest BCUT2D eigenvalue weighted by Gasteiger charge is 2.21.